The maximum Gasteiger partial charge on any atom is 0.335 e. The molecule has 0 amide bonds. The number of piperidine rings is 1. The molecular formula is C19H22N2O3. The number of rotatable bonds is 5. The van der Waals surface area contributed by atoms with E-state index >= 15 is 0 Å². The Morgan fingerprint density at radius 2 is 2.08 bits per heavy atom. The predicted molar refractivity (Wildman–Crippen MR) is 91.3 cm³/mol. The van der Waals surface area contributed by atoms with Gasteiger partial charge in [-0.3, -0.25) is 4.90 Å². The van der Waals surface area contributed by atoms with E-state index in [2.05, 4.69) is 9.88 Å². The summed E-state index contributed by atoms with van der Waals surface area (Å²) >= 11 is 0. The predicted octanol–water partition coefficient (Wildman–Crippen LogP) is 3.13. The van der Waals surface area contributed by atoms with Crippen molar-refractivity contribution in [3.8, 4) is 5.88 Å². The van der Waals surface area contributed by atoms with Crippen molar-refractivity contribution in [3.05, 3.63) is 59.3 Å². The van der Waals surface area contributed by atoms with Crippen LogP contribution in [0.5, 0.6) is 5.88 Å². The van der Waals surface area contributed by atoms with E-state index in [1.54, 1.807) is 24.4 Å². The third-order valence-corrected chi connectivity index (χ3v) is 4.29. The van der Waals surface area contributed by atoms with Crippen LogP contribution in [-0.4, -0.2) is 40.2 Å². The summed E-state index contributed by atoms with van der Waals surface area (Å²) in [6.45, 7) is 4.68. The Kier molecular flexibility index (Phi) is 5.11. The number of nitrogens with zero attached hydrogens (tertiary/aromatic N) is 2. The summed E-state index contributed by atoms with van der Waals surface area (Å²) in [5.41, 5.74) is 2.53. The van der Waals surface area contributed by atoms with E-state index in [-0.39, 0.29) is 6.10 Å². The lowest BCUT2D eigenvalue weighted by Crippen LogP contribution is -2.37. The second-order valence-electron chi connectivity index (χ2n) is 6.27. The van der Waals surface area contributed by atoms with Crippen LogP contribution < -0.4 is 4.74 Å². The zero-order valence-corrected chi connectivity index (χ0v) is 13.8. The SMILES string of the molecule is Cc1ccnc(OC2CCN(Cc3cccc(C(=O)O)c3)CC2)c1. The lowest BCUT2D eigenvalue weighted by atomic mass is 10.1. The summed E-state index contributed by atoms with van der Waals surface area (Å²) in [5, 5.41) is 9.07. The molecule has 5 heteroatoms. The molecule has 0 bridgehead atoms. The molecule has 1 aromatic heterocycles. The number of carbonyl (C=O) groups is 1. The Morgan fingerprint density at radius 3 is 2.79 bits per heavy atom. The summed E-state index contributed by atoms with van der Waals surface area (Å²) < 4.78 is 5.97. The minimum absolute atomic E-state index is 0.195. The second-order valence-corrected chi connectivity index (χ2v) is 6.27. The average molecular weight is 326 g/mol. The zero-order chi connectivity index (χ0) is 16.9. The minimum Gasteiger partial charge on any atom is -0.478 e. The van der Waals surface area contributed by atoms with Gasteiger partial charge < -0.3 is 9.84 Å². The summed E-state index contributed by atoms with van der Waals surface area (Å²) in [7, 11) is 0. The Morgan fingerprint density at radius 1 is 1.29 bits per heavy atom. The Bertz CT molecular complexity index is 709. The topological polar surface area (TPSA) is 62.7 Å². The van der Waals surface area contributed by atoms with Gasteiger partial charge in [0.15, 0.2) is 0 Å². The second kappa shape index (κ2) is 7.45. The standard InChI is InChI=1S/C19H22N2O3/c1-14-5-8-20-18(11-14)24-17-6-9-21(10-7-17)13-15-3-2-4-16(12-15)19(22)23/h2-5,8,11-12,17H,6-7,9-10,13H2,1H3,(H,22,23). The molecule has 2 heterocycles. The Labute approximate surface area is 141 Å². The van der Waals surface area contributed by atoms with Crippen LogP contribution in [0.2, 0.25) is 0 Å². The van der Waals surface area contributed by atoms with E-state index in [1.807, 2.05) is 25.1 Å². The van der Waals surface area contributed by atoms with Crippen molar-refractivity contribution in [2.75, 3.05) is 13.1 Å². The normalized spacial score (nSPS) is 16.0. The van der Waals surface area contributed by atoms with Crippen LogP contribution in [0, 0.1) is 6.92 Å². The summed E-state index contributed by atoms with van der Waals surface area (Å²) in [5.74, 6) is -0.183. The molecule has 0 unspecified atom stereocenters. The minimum atomic E-state index is -0.880. The number of aromatic nitrogens is 1. The van der Waals surface area contributed by atoms with Crippen LogP contribution in [0.15, 0.2) is 42.6 Å². The largest absolute Gasteiger partial charge is 0.478 e. The molecule has 3 rings (SSSR count). The molecule has 1 aliphatic heterocycles. The molecule has 0 aliphatic carbocycles. The molecule has 2 aromatic rings. The Balaban J connectivity index is 1.52. The number of carboxylic acid groups (broad SMARTS) is 1. The zero-order valence-electron chi connectivity index (χ0n) is 13.8. The first-order chi connectivity index (χ1) is 11.6. The van der Waals surface area contributed by atoms with E-state index in [4.69, 9.17) is 9.84 Å². The molecule has 0 spiro atoms. The monoisotopic (exact) mass is 326 g/mol. The van der Waals surface area contributed by atoms with Gasteiger partial charge in [0.2, 0.25) is 5.88 Å². The number of hydrogen-bond acceptors (Lipinski definition) is 4. The highest BCUT2D eigenvalue weighted by Crippen LogP contribution is 2.19. The van der Waals surface area contributed by atoms with Crippen molar-refractivity contribution < 1.29 is 14.6 Å². The van der Waals surface area contributed by atoms with Gasteiger partial charge in [0.05, 0.1) is 5.56 Å². The van der Waals surface area contributed by atoms with Crippen molar-refractivity contribution in [2.24, 2.45) is 0 Å². The third kappa shape index (κ3) is 4.32. The van der Waals surface area contributed by atoms with Crippen LogP contribution in [0.4, 0.5) is 0 Å². The number of ether oxygens (including phenoxy) is 1. The maximum atomic E-state index is 11.0. The molecule has 1 aromatic carbocycles. The molecule has 24 heavy (non-hydrogen) atoms. The molecular weight excluding hydrogens is 304 g/mol. The first kappa shape index (κ1) is 16.5. The lowest BCUT2D eigenvalue weighted by Gasteiger charge is -2.32. The van der Waals surface area contributed by atoms with Gasteiger partial charge in [0, 0.05) is 31.9 Å². The number of carboxylic acids is 1. The van der Waals surface area contributed by atoms with Gasteiger partial charge in [-0.2, -0.15) is 0 Å². The summed E-state index contributed by atoms with van der Waals surface area (Å²) in [6.07, 6.45) is 3.87. The molecule has 1 N–H and O–H groups in total. The molecule has 1 fully saturated rings. The molecule has 126 valence electrons. The highest BCUT2D eigenvalue weighted by Gasteiger charge is 2.21. The quantitative estimate of drug-likeness (QED) is 0.914. The van der Waals surface area contributed by atoms with Gasteiger partial charge in [-0.15, -0.1) is 0 Å². The number of hydrogen-bond donors (Lipinski definition) is 1. The summed E-state index contributed by atoms with van der Waals surface area (Å²) in [6, 6.07) is 11.1. The Hall–Kier alpha value is -2.40. The summed E-state index contributed by atoms with van der Waals surface area (Å²) in [4.78, 5) is 17.6. The number of aryl methyl sites for hydroxylation is 1. The fourth-order valence-electron chi connectivity index (χ4n) is 2.99. The number of benzene rings is 1. The van der Waals surface area contributed by atoms with Crippen molar-refractivity contribution >= 4 is 5.97 Å². The average Bonchev–Trinajstić information content (AvgIpc) is 2.57. The molecule has 5 nitrogen and oxygen atoms in total. The first-order valence-electron chi connectivity index (χ1n) is 8.24. The van der Waals surface area contributed by atoms with Gasteiger partial charge in [-0.1, -0.05) is 12.1 Å². The smallest absolute Gasteiger partial charge is 0.335 e. The number of pyridine rings is 1. The van der Waals surface area contributed by atoms with Crippen LogP contribution in [0.25, 0.3) is 0 Å². The first-order valence-corrected chi connectivity index (χ1v) is 8.24. The molecule has 0 atom stereocenters. The number of aromatic carboxylic acids is 1. The molecule has 1 saturated heterocycles. The highest BCUT2D eigenvalue weighted by molar-refractivity contribution is 5.87. The van der Waals surface area contributed by atoms with E-state index < -0.39 is 5.97 Å². The third-order valence-electron chi connectivity index (χ3n) is 4.29. The van der Waals surface area contributed by atoms with E-state index in [0.29, 0.717) is 11.4 Å². The van der Waals surface area contributed by atoms with Gasteiger partial charge in [-0.25, -0.2) is 9.78 Å². The molecule has 1 aliphatic rings. The fraction of sp³-hybridized carbons (Fsp3) is 0.368. The van der Waals surface area contributed by atoms with Crippen LogP contribution in [-0.2, 0) is 6.54 Å². The van der Waals surface area contributed by atoms with Crippen LogP contribution in [0.1, 0.15) is 34.3 Å². The van der Waals surface area contributed by atoms with Crippen molar-refractivity contribution in [2.45, 2.75) is 32.4 Å². The van der Waals surface area contributed by atoms with E-state index in [1.165, 1.54) is 0 Å². The van der Waals surface area contributed by atoms with Crippen molar-refractivity contribution in [1.82, 2.24) is 9.88 Å². The van der Waals surface area contributed by atoms with Crippen LogP contribution >= 0.6 is 0 Å². The van der Waals surface area contributed by atoms with Crippen molar-refractivity contribution in [3.63, 3.8) is 0 Å². The molecule has 0 saturated carbocycles. The van der Waals surface area contributed by atoms with Crippen molar-refractivity contribution in [1.29, 1.82) is 0 Å². The number of likely N-dealkylation sites (tertiary alicyclic amines) is 1. The lowest BCUT2D eigenvalue weighted by molar-refractivity contribution is 0.0696. The van der Waals surface area contributed by atoms with Crippen LogP contribution in [0.3, 0.4) is 0 Å². The molecule has 0 radical (unpaired) electrons. The fourth-order valence-corrected chi connectivity index (χ4v) is 2.99. The van der Waals surface area contributed by atoms with E-state index in [9.17, 15) is 4.79 Å². The highest BCUT2D eigenvalue weighted by atomic mass is 16.5. The van der Waals surface area contributed by atoms with Gasteiger partial charge >= 0.3 is 5.97 Å². The maximum absolute atomic E-state index is 11.0. The van der Waals surface area contributed by atoms with E-state index in [0.717, 1.165) is 43.6 Å². The van der Waals surface area contributed by atoms with Gasteiger partial charge in [0.1, 0.15) is 6.10 Å². The van der Waals surface area contributed by atoms with Gasteiger partial charge in [0.25, 0.3) is 0 Å². The van der Waals surface area contributed by atoms with Gasteiger partial charge in [-0.05, 0) is 49.1 Å².